The molecule has 0 aliphatic carbocycles. The first-order chi connectivity index (χ1) is 6.18. The smallest absolute Gasteiger partial charge is 0.248 e. The molecule has 2 rings (SSSR count). The third kappa shape index (κ3) is 1.45. The maximum Gasteiger partial charge on any atom is 0.248 e. The lowest BCUT2D eigenvalue weighted by Gasteiger charge is -1.94. The fourth-order valence-corrected chi connectivity index (χ4v) is 1.26. The van der Waals surface area contributed by atoms with Crippen molar-refractivity contribution in [2.75, 3.05) is 0 Å². The topological polar surface area (TPSA) is 55.4 Å². The number of aryl methyl sites for hydroxylation is 1. The second kappa shape index (κ2) is 2.69. The third-order valence-corrected chi connectivity index (χ3v) is 2.08. The molecule has 3 heteroatoms. The zero-order valence-electron chi connectivity index (χ0n) is 7.32. The van der Waals surface area contributed by atoms with Gasteiger partial charge in [0.2, 0.25) is 5.91 Å². The summed E-state index contributed by atoms with van der Waals surface area (Å²) in [7, 11) is 0. The molecular formula is C10H10N2O. The summed E-state index contributed by atoms with van der Waals surface area (Å²) in [5.41, 5.74) is 8.10. The highest BCUT2D eigenvalue weighted by atomic mass is 16.1. The van der Waals surface area contributed by atoms with Gasteiger partial charge in [0.1, 0.15) is 0 Å². The molecule has 1 atom stereocenters. The fraction of sp³-hybridized carbons (Fsp3) is 0.200. The number of hydrogen-bond acceptors (Lipinski definition) is 2. The maximum absolute atomic E-state index is 10.7. The summed E-state index contributed by atoms with van der Waals surface area (Å²) in [6.45, 7) is 2.02. The molecule has 2 N–H and O–H groups in total. The first kappa shape index (κ1) is 7.98. The Morgan fingerprint density at radius 1 is 1.38 bits per heavy atom. The van der Waals surface area contributed by atoms with Gasteiger partial charge in [0.25, 0.3) is 0 Å². The van der Waals surface area contributed by atoms with Crippen LogP contribution in [0.4, 0.5) is 0 Å². The average Bonchev–Trinajstić information content (AvgIpc) is 2.85. The first-order valence-corrected chi connectivity index (χ1v) is 4.12. The maximum atomic E-state index is 10.7. The highest BCUT2D eigenvalue weighted by molar-refractivity contribution is 6.25. The molecule has 0 fully saturated rings. The minimum Gasteiger partial charge on any atom is -0.367 e. The summed E-state index contributed by atoms with van der Waals surface area (Å²) in [5, 5.41) is 0. The van der Waals surface area contributed by atoms with E-state index in [-0.39, 0.29) is 11.9 Å². The van der Waals surface area contributed by atoms with E-state index in [1.54, 1.807) is 0 Å². The number of hydrogen-bond donors (Lipinski definition) is 1. The molecule has 1 amide bonds. The minimum atomic E-state index is -0.372. The molecule has 0 bridgehead atoms. The zero-order chi connectivity index (χ0) is 9.42. The fourth-order valence-electron chi connectivity index (χ4n) is 1.26. The Hall–Kier alpha value is -1.64. The molecule has 13 heavy (non-hydrogen) atoms. The quantitative estimate of drug-likeness (QED) is 0.703. The second-order valence-corrected chi connectivity index (χ2v) is 3.19. The van der Waals surface area contributed by atoms with Crippen molar-refractivity contribution in [2.45, 2.75) is 13.0 Å². The zero-order valence-corrected chi connectivity index (χ0v) is 7.32. The van der Waals surface area contributed by atoms with Gasteiger partial charge in [-0.05, 0) is 12.5 Å². The van der Waals surface area contributed by atoms with E-state index in [0.717, 1.165) is 11.3 Å². The molecular weight excluding hydrogens is 164 g/mol. The van der Waals surface area contributed by atoms with Gasteiger partial charge in [0.05, 0.1) is 5.71 Å². The number of aliphatic imine (C=N–C) groups is 1. The number of benzene rings is 1. The van der Waals surface area contributed by atoms with Crippen LogP contribution in [0.3, 0.4) is 0 Å². The van der Waals surface area contributed by atoms with E-state index >= 15 is 0 Å². The predicted molar refractivity (Wildman–Crippen MR) is 50.7 cm³/mol. The van der Waals surface area contributed by atoms with Gasteiger partial charge in [-0.25, -0.2) is 0 Å². The lowest BCUT2D eigenvalue weighted by molar-refractivity contribution is -0.117. The van der Waals surface area contributed by atoms with Crippen LogP contribution >= 0.6 is 0 Å². The van der Waals surface area contributed by atoms with Crippen LogP contribution in [0.15, 0.2) is 29.3 Å². The van der Waals surface area contributed by atoms with Gasteiger partial charge in [-0.3, -0.25) is 9.79 Å². The van der Waals surface area contributed by atoms with Crippen LogP contribution in [-0.2, 0) is 4.79 Å². The molecule has 0 saturated carbocycles. The van der Waals surface area contributed by atoms with Crippen molar-refractivity contribution in [2.24, 2.45) is 10.7 Å². The number of primary amides is 1. The molecule has 0 saturated heterocycles. The van der Waals surface area contributed by atoms with Gasteiger partial charge in [0.15, 0.2) is 6.04 Å². The molecule has 0 aromatic heterocycles. The highest BCUT2D eigenvalue weighted by Gasteiger charge is 2.33. The predicted octanol–water partition coefficient (Wildman–Crippen LogP) is 0.652. The van der Waals surface area contributed by atoms with E-state index in [4.69, 9.17) is 5.73 Å². The van der Waals surface area contributed by atoms with Gasteiger partial charge in [0, 0.05) is 0 Å². The molecule has 1 aliphatic rings. The first-order valence-electron chi connectivity index (χ1n) is 4.12. The van der Waals surface area contributed by atoms with Gasteiger partial charge < -0.3 is 5.73 Å². The highest BCUT2D eigenvalue weighted by Crippen LogP contribution is 2.19. The van der Waals surface area contributed by atoms with E-state index < -0.39 is 0 Å². The lowest BCUT2D eigenvalue weighted by atomic mass is 10.1. The van der Waals surface area contributed by atoms with Gasteiger partial charge in [-0.1, -0.05) is 29.8 Å². The Kier molecular flexibility index (Phi) is 1.65. The van der Waals surface area contributed by atoms with Crippen LogP contribution in [-0.4, -0.2) is 17.7 Å². The summed E-state index contributed by atoms with van der Waals surface area (Å²) in [5.74, 6) is -0.365. The van der Waals surface area contributed by atoms with Crippen molar-refractivity contribution in [1.82, 2.24) is 0 Å². The van der Waals surface area contributed by atoms with Crippen molar-refractivity contribution < 1.29 is 4.79 Å². The Morgan fingerprint density at radius 3 is 2.46 bits per heavy atom. The monoisotopic (exact) mass is 174 g/mol. The number of carbonyl (C=O) groups is 1. The Balaban J connectivity index is 2.17. The third-order valence-electron chi connectivity index (χ3n) is 2.08. The van der Waals surface area contributed by atoms with Crippen LogP contribution in [0.2, 0.25) is 0 Å². The van der Waals surface area contributed by atoms with Crippen molar-refractivity contribution in [3.05, 3.63) is 35.4 Å². The summed E-state index contributed by atoms with van der Waals surface area (Å²) >= 11 is 0. The summed E-state index contributed by atoms with van der Waals surface area (Å²) in [6.07, 6.45) is 0. The standard InChI is InChI=1S/C10H10N2O/c1-6-2-4-7(5-3-6)8-9(12-8)10(11)13/h2-5,9H,1H3,(H2,11,13). The molecule has 1 heterocycles. The van der Waals surface area contributed by atoms with E-state index in [1.165, 1.54) is 5.56 Å². The van der Waals surface area contributed by atoms with Crippen LogP contribution in [0.5, 0.6) is 0 Å². The largest absolute Gasteiger partial charge is 0.367 e. The van der Waals surface area contributed by atoms with E-state index in [2.05, 4.69) is 4.99 Å². The van der Waals surface area contributed by atoms with Crippen molar-refractivity contribution in [3.8, 4) is 0 Å². The van der Waals surface area contributed by atoms with Gasteiger partial charge in [-0.15, -0.1) is 0 Å². The molecule has 1 aromatic carbocycles. The number of rotatable bonds is 2. The number of carbonyl (C=O) groups excluding carboxylic acids is 1. The van der Waals surface area contributed by atoms with Crippen molar-refractivity contribution in [3.63, 3.8) is 0 Å². The van der Waals surface area contributed by atoms with Crippen molar-refractivity contribution >= 4 is 11.6 Å². The number of nitrogens with zero attached hydrogens (tertiary/aromatic N) is 1. The summed E-state index contributed by atoms with van der Waals surface area (Å²) < 4.78 is 0. The number of amides is 1. The van der Waals surface area contributed by atoms with Crippen LogP contribution in [0.25, 0.3) is 0 Å². The lowest BCUT2D eigenvalue weighted by Crippen LogP contribution is -2.22. The summed E-state index contributed by atoms with van der Waals surface area (Å²) in [4.78, 5) is 14.7. The Labute approximate surface area is 76.3 Å². The molecule has 1 aromatic rings. The van der Waals surface area contributed by atoms with Crippen LogP contribution in [0.1, 0.15) is 11.1 Å². The molecule has 1 unspecified atom stereocenters. The molecule has 0 radical (unpaired) electrons. The molecule has 66 valence electrons. The van der Waals surface area contributed by atoms with Crippen LogP contribution < -0.4 is 5.73 Å². The Bertz CT molecular complexity index is 378. The summed E-state index contributed by atoms with van der Waals surface area (Å²) in [6, 6.07) is 7.53. The SMILES string of the molecule is Cc1ccc(C2=NC2C(N)=O)cc1. The van der Waals surface area contributed by atoms with Gasteiger partial charge >= 0.3 is 0 Å². The molecule has 0 spiro atoms. The van der Waals surface area contributed by atoms with E-state index in [9.17, 15) is 4.79 Å². The van der Waals surface area contributed by atoms with Crippen molar-refractivity contribution in [1.29, 1.82) is 0 Å². The van der Waals surface area contributed by atoms with E-state index in [0.29, 0.717) is 0 Å². The second-order valence-electron chi connectivity index (χ2n) is 3.19. The average molecular weight is 174 g/mol. The number of nitrogens with two attached hydrogens (primary N) is 1. The molecule has 3 nitrogen and oxygen atoms in total. The van der Waals surface area contributed by atoms with Crippen LogP contribution in [0, 0.1) is 6.92 Å². The van der Waals surface area contributed by atoms with Gasteiger partial charge in [-0.2, -0.15) is 0 Å². The van der Waals surface area contributed by atoms with E-state index in [1.807, 2.05) is 31.2 Å². The molecule has 1 aliphatic heterocycles. The Morgan fingerprint density at radius 2 is 2.00 bits per heavy atom. The normalized spacial score (nSPS) is 19.5. The minimum absolute atomic E-state index is 0.365.